The number of piperidine rings is 1. The molecule has 1 aliphatic heterocycles. The fourth-order valence-electron chi connectivity index (χ4n) is 5.54. The summed E-state index contributed by atoms with van der Waals surface area (Å²) < 4.78 is 92.0. The molecule has 38 heavy (non-hydrogen) atoms. The first kappa shape index (κ1) is 28.1. The Morgan fingerprint density at radius 2 is 1.53 bits per heavy atom. The second kappa shape index (κ2) is 10.7. The molecule has 2 unspecified atom stereocenters. The second-order valence-corrected chi connectivity index (χ2v) is 10.1. The number of halogens is 7. The summed E-state index contributed by atoms with van der Waals surface area (Å²) >= 11 is 0. The number of nitrogens with one attached hydrogen (secondary N) is 1. The van der Waals surface area contributed by atoms with E-state index in [4.69, 9.17) is 0 Å². The van der Waals surface area contributed by atoms with Gasteiger partial charge in [0.2, 0.25) is 5.91 Å². The van der Waals surface area contributed by atoms with Crippen LogP contribution in [0.15, 0.2) is 42.5 Å². The number of hydrogen-bond acceptors (Lipinski definition) is 3. The number of hydrogen-bond donors (Lipinski definition) is 1. The van der Waals surface area contributed by atoms with Crippen molar-refractivity contribution in [3.05, 3.63) is 70.5 Å². The number of amides is 1. The lowest BCUT2D eigenvalue weighted by Crippen LogP contribution is -2.44. The quantitative estimate of drug-likeness (QED) is 0.272. The Morgan fingerprint density at radius 1 is 0.947 bits per heavy atom. The van der Waals surface area contributed by atoms with Gasteiger partial charge >= 0.3 is 12.4 Å². The van der Waals surface area contributed by atoms with Gasteiger partial charge in [-0.25, -0.2) is 4.39 Å². The van der Waals surface area contributed by atoms with Crippen LogP contribution in [0.25, 0.3) is 0 Å². The average molecular weight is 545 g/mol. The molecular formula is C27H27F7N2O2. The van der Waals surface area contributed by atoms with Gasteiger partial charge in [-0.1, -0.05) is 12.1 Å². The minimum Gasteiger partial charge on any atom is -0.351 e. The lowest BCUT2D eigenvalue weighted by Gasteiger charge is -2.36. The zero-order chi connectivity index (χ0) is 27.7. The highest BCUT2D eigenvalue weighted by molar-refractivity contribution is 5.97. The predicted molar refractivity (Wildman–Crippen MR) is 124 cm³/mol. The standard InChI is InChI=1S/C27H27F7N2O2/c28-22-3-1-18(2-4-22)19-6-9-36(10-7-19)23-5-8-25(14-23,16-37)24(38)35-15-17-11-20(26(29,30)31)13-21(12-17)27(32,33)34/h1-4,11-13,16,19,23H,5-10,14-15H2,(H,35,38). The van der Waals surface area contributed by atoms with Gasteiger partial charge in [0.1, 0.15) is 17.5 Å². The highest BCUT2D eigenvalue weighted by atomic mass is 19.4. The van der Waals surface area contributed by atoms with Crippen molar-refractivity contribution in [3.63, 3.8) is 0 Å². The van der Waals surface area contributed by atoms with Crippen LogP contribution >= 0.6 is 0 Å². The molecule has 1 amide bonds. The van der Waals surface area contributed by atoms with Crippen LogP contribution < -0.4 is 5.32 Å². The van der Waals surface area contributed by atoms with Crippen LogP contribution in [-0.4, -0.2) is 36.2 Å². The van der Waals surface area contributed by atoms with Gasteiger partial charge in [0, 0.05) is 12.6 Å². The van der Waals surface area contributed by atoms with E-state index in [2.05, 4.69) is 10.2 Å². The Morgan fingerprint density at radius 3 is 2.05 bits per heavy atom. The monoisotopic (exact) mass is 544 g/mol. The van der Waals surface area contributed by atoms with Crippen LogP contribution in [0.3, 0.4) is 0 Å². The van der Waals surface area contributed by atoms with Crippen molar-refractivity contribution >= 4 is 12.2 Å². The number of likely N-dealkylation sites (tertiary alicyclic amines) is 1. The van der Waals surface area contributed by atoms with Crippen LogP contribution in [0.1, 0.15) is 60.3 Å². The van der Waals surface area contributed by atoms with Crippen LogP contribution in [0.5, 0.6) is 0 Å². The largest absolute Gasteiger partial charge is 0.416 e. The number of alkyl halides is 6. The lowest BCUT2D eigenvalue weighted by atomic mass is 9.85. The number of carbonyl (C=O) groups excluding carboxylic acids is 2. The molecule has 1 heterocycles. The van der Waals surface area contributed by atoms with Crippen molar-refractivity contribution in [2.45, 2.75) is 63.0 Å². The summed E-state index contributed by atoms with van der Waals surface area (Å²) in [6, 6.07) is 7.50. The molecule has 1 saturated carbocycles. The van der Waals surface area contributed by atoms with E-state index < -0.39 is 41.3 Å². The summed E-state index contributed by atoms with van der Waals surface area (Å²) in [5.41, 5.74) is -3.63. The van der Waals surface area contributed by atoms with E-state index in [-0.39, 0.29) is 42.2 Å². The molecule has 11 heteroatoms. The van der Waals surface area contributed by atoms with E-state index in [0.717, 1.165) is 31.5 Å². The van der Waals surface area contributed by atoms with Crippen molar-refractivity contribution in [1.82, 2.24) is 10.2 Å². The molecule has 1 aliphatic carbocycles. The SMILES string of the molecule is O=CC1(C(=O)NCc2cc(C(F)(F)F)cc(C(F)(F)F)c2)CCC(N2CCC(c3ccc(F)cc3)CC2)C1. The van der Waals surface area contributed by atoms with E-state index in [1.165, 1.54) is 12.1 Å². The van der Waals surface area contributed by atoms with E-state index in [0.29, 0.717) is 24.8 Å². The van der Waals surface area contributed by atoms with Gasteiger partial charge in [0.25, 0.3) is 0 Å². The number of nitrogens with zero attached hydrogens (tertiary/aromatic N) is 1. The van der Waals surface area contributed by atoms with Crippen molar-refractivity contribution < 1.29 is 40.3 Å². The Bertz CT molecular complexity index is 1120. The summed E-state index contributed by atoms with van der Waals surface area (Å²) in [4.78, 5) is 27.2. The summed E-state index contributed by atoms with van der Waals surface area (Å²) in [7, 11) is 0. The van der Waals surface area contributed by atoms with Gasteiger partial charge in [-0.15, -0.1) is 0 Å². The third-order valence-corrected chi connectivity index (χ3v) is 7.69. The van der Waals surface area contributed by atoms with Gasteiger partial charge in [-0.05, 0) is 92.6 Å². The molecule has 1 N–H and O–H groups in total. The van der Waals surface area contributed by atoms with Crippen LogP contribution in [-0.2, 0) is 28.5 Å². The average Bonchev–Trinajstić information content (AvgIpc) is 3.33. The molecule has 0 bridgehead atoms. The van der Waals surface area contributed by atoms with E-state index >= 15 is 0 Å². The Kier molecular flexibility index (Phi) is 7.88. The zero-order valence-corrected chi connectivity index (χ0v) is 20.3. The predicted octanol–water partition coefficient (Wildman–Crippen LogP) is 6.10. The van der Waals surface area contributed by atoms with Crippen molar-refractivity contribution in [3.8, 4) is 0 Å². The van der Waals surface area contributed by atoms with Crippen molar-refractivity contribution in [2.75, 3.05) is 13.1 Å². The van der Waals surface area contributed by atoms with Gasteiger partial charge in [-0.3, -0.25) is 4.79 Å². The Balaban J connectivity index is 1.38. The highest BCUT2D eigenvalue weighted by Gasteiger charge is 2.47. The van der Waals surface area contributed by atoms with Crippen molar-refractivity contribution in [1.29, 1.82) is 0 Å². The van der Waals surface area contributed by atoms with Crippen LogP contribution in [0, 0.1) is 11.2 Å². The van der Waals surface area contributed by atoms with E-state index in [9.17, 15) is 40.3 Å². The van der Waals surface area contributed by atoms with E-state index in [1.807, 2.05) is 0 Å². The third-order valence-electron chi connectivity index (χ3n) is 7.69. The van der Waals surface area contributed by atoms with Gasteiger partial charge in [0.05, 0.1) is 11.1 Å². The molecule has 2 aromatic carbocycles. The van der Waals surface area contributed by atoms with Crippen LogP contribution in [0.2, 0.25) is 0 Å². The second-order valence-electron chi connectivity index (χ2n) is 10.1. The summed E-state index contributed by atoms with van der Waals surface area (Å²) in [6.07, 6.45) is -6.75. The minimum absolute atomic E-state index is 0.0268. The maximum Gasteiger partial charge on any atom is 0.416 e. The minimum atomic E-state index is -4.99. The Hall–Kier alpha value is -2.95. The maximum atomic E-state index is 13.2. The van der Waals surface area contributed by atoms with Gasteiger partial charge < -0.3 is 15.0 Å². The normalized spacial score (nSPS) is 23.4. The first-order chi connectivity index (χ1) is 17.8. The van der Waals surface area contributed by atoms with Crippen molar-refractivity contribution in [2.24, 2.45) is 5.41 Å². The summed E-state index contributed by atoms with van der Waals surface area (Å²) in [5, 5.41) is 2.39. The Labute approximate surface area is 215 Å². The highest BCUT2D eigenvalue weighted by Crippen LogP contribution is 2.41. The first-order valence-electron chi connectivity index (χ1n) is 12.3. The number of carbonyl (C=O) groups is 2. The summed E-state index contributed by atoms with van der Waals surface area (Å²) in [5.74, 6) is -0.724. The molecule has 0 aromatic heterocycles. The molecule has 206 valence electrons. The number of rotatable bonds is 6. The van der Waals surface area contributed by atoms with Gasteiger partial charge in [0.15, 0.2) is 0 Å². The number of benzene rings is 2. The first-order valence-corrected chi connectivity index (χ1v) is 12.3. The molecule has 2 fully saturated rings. The molecule has 2 aliphatic rings. The smallest absolute Gasteiger partial charge is 0.351 e. The maximum absolute atomic E-state index is 13.2. The molecule has 2 atom stereocenters. The molecule has 0 spiro atoms. The fraction of sp³-hybridized carbons (Fsp3) is 0.481. The topological polar surface area (TPSA) is 49.4 Å². The molecule has 4 rings (SSSR count). The fourth-order valence-corrected chi connectivity index (χ4v) is 5.54. The summed E-state index contributed by atoms with van der Waals surface area (Å²) in [6.45, 7) is 0.886. The third kappa shape index (κ3) is 6.19. The molecule has 2 aromatic rings. The zero-order valence-electron chi connectivity index (χ0n) is 20.3. The molecular weight excluding hydrogens is 517 g/mol. The lowest BCUT2D eigenvalue weighted by molar-refractivity contribution is -0.143. The van der Waals surface area contributed by atoms with Gasteiger partial charge in [-0.2, -0.15) is 26.3 Å². The molecule has 0 radical (unpaired) electrons. The molecule has 4 nitrogen and oxygen atoms in total. The number of aldehydes is 1. The van der Waals surface area contributed by atoms with Crippen LogP contribution in [0.4, 0.5) is 30.7 Å². The molecule has 1 saturated heterocycles. The van der Waals surface area contributed by atoms with E-state index in [1.54, 1.807) is 12.1 Å².